The lowest BCUT2D eigenvalue weighted by Crippen LogP contribution is -2.29. The predicted octanol–water partition coefficient (Wildman–Crippen LogP) is 0.714. The molecule has 1 aromatic heterocycles. The molecule has 1 rings (SSSR count). The van der Waals surface area contributed by atoms with Crippen molar-refractivity contribution in [2.24, 2.45) is 5.73 Å². The van der Waals surface area contributed by atoms with Gasteiger partial charge in [-0.25, -0.2) is 4.98 Å². The third-order valence-corrected chi connectivity index (χ3v) is 2.03. The van der Waals surface area contributed by atoms with E-state index in [4.69, 9.17) is 5.73 Å². The van der Waals surface area contributed by atoms with E-state index >= 15 is 0 Å². The molecule has 4 nitrogen and oxygen atoms in total. The number of nitrogens with zero attached hydrogens (tertiary/aromatic N) is 2. The van der Waals surface area contributed by atoms with Crippen LogP contribution in [-0.4, -0.2) is 15.6 Å². The average molecular weight is 195 g/mol. The van der Waals surface area contributed by atoms with Crippen LogP contribution in [0.25, 0.3) is 0 Å². The summed E-state index contributed by atoms with van der Waals surface area (Å²) in [5.74, 6) is 0. The van der Waals surface area contributed by atoms with E-state index in [-0.39, 0.29) is 17.6 Å². The Kier molecular flexibility index (Phi) is 3.41. The summed E-state index contributed by atoms with van der Waals surface area (Å²) in [5, 5.41) is 0. The second-order valence-electron chi connectivity index (χ2n) is 3.91. The molecule has 0 saturated heterocycles. The molecule has 1 heterocycles. The summed E-state index contributed by atoms with van der Waals surface area (Å²) in [6, 6.07) is 0.135. The lowest BCUT2D eigenvalue weighted by Gasteiger charge is -2.11. The number of aromatic nitrogens is 2. The van der Waals surface area contributed by atoms with Gasteiger partial charge in [0.15, 0.2) is 0 Å². The van der Waals surface area contributed by atoms with Crippen molar-refractivity contribution in [3.8, 4) is 0 Å². The topological polar surface area (TPSA) is 60.9 Å². The molecule has 0 fully saturated rings. The van der Waals surface area contributed by atoms with Crippen molar-refractivity contribution in [1.82, 2.24) is 9.55 Å². The molecule has 0 bridgehead atoms. The summed E-state index contributed by atoms with van der Waals surface area (Å²) in [6.45, 7) is 5.80. The fraction of sp³-hybridized carbons (Fsp3) is 0.600. The largest absolute Gasteiger partial charge is 0.328 e. The molecule has 1 aromatic rings. The quantitative estimate of drug-likeness (QED) is 0.772. The summed E-state index contributed by atoms with van der Waals surface area (Å²) >= 11 is 0. The van der Waals surface area contributed by atoms with Crippen LogP contribution in [-0.2, 0) is 6.42 Å². The Bertz CT molecular complexity index is 355. The Morgan fingerprint density at radius 3 is 2.64 bits per heavy atom. The van der Waals surface area contributed by atoms with Crippen molar-refractivity contribution in [1.29, 1.82) is 0 Å². The Balaban J connectivity index is 3.08. The highest BCUT2D eigenvalue weighted by molar-refractivity contribution is 5.06. The van der Waals surface area contributed by atoms with Crippen LogP contribution in [0, 0.1) is 0 Å². The molecular weight excluding hydrogens is 178 g/mol. The molecule has 1 atom stereocenters. The summed E-state index contributed by atoms with van der Waals surface area (Å²) in [5.41, 5.74) is 6.36. The van der Waals surface area contributed by atoms with Crippen LogP contribution in [0.15, 0.2) is 17.3 Å². The van der Waals surface area contributed by atoms with E-state index in [2.05, 4.69) is 4.98 Å². The third-order valence-electron chi connectivity index (χ3n) is 2.03. The summed E-state index contributed by atoms with van der Waals surface area (Å²) in [6.07, 6.45) is 3.75. The van der Waals surface area contributed by atoms with Gasteiger partial charge in [-0.05, 0) is 27.2 Å². The van der Waals surface area contributed by atoms with Crippen LogP contribution < -0.4 is 11.3 Å². The van der Waals surface area contributed by atoms with Crippen LogP contribution in [0.1, 0.15) is 32.4 Å². The first-order valence-corrected chi connectivity index (χ1v) is 4.83. The fourth-order valence-electron chi connectivity index (χ4n) is 1.32. The van der Waals surface area contributed by atoms with Crippen LogP contribution in [0.2, 0.25) is 0 Å². The van der Waals surface area contributed by atoms with Crippen LogP contribution >= 0.6 is 0 Å². The zero-order valence-corrected chi connectivity index (χ0v) is 8.90. The van der Waals surface area contributed by atoms with E-state index in [0.29, 0.717) is 12.0 Å². The molecule has 0 radical (unpaired) electrons. The molecule has 1 unspecified atom stereocenters. The van der Waals surface area contributed by atoms with Crippen molar-refractivity contribution in [3.63, 3.8) is 0 Å². The monoisotopic (exact) mass is 195 g/mol. The van der Waals surface area contributed by atoms with Crippen molar-refractivity contribution >= 4 is 0 Å². The van der Waals surface area contributed by atoms with Gasteiger partial charge in [0.25, 0.3) is 5.56 Å². The van der Waals surface area contributed by atoms with Crippen molar-refractivity contribution in [3.05, 3.63) is 28.4 Å². The zero-order chi connectivity index (χ0) is 10.7. The van der Waals surface area contributed by atoms with E-state index in [1.165, 1.54) is 0 Å². The number of hydrogen-bond acceptors (Lipinski definition) is 3. The highest BCUT2D eigenvalue weighted by atomic mass is 16.1. The molecule has 14 heavy (non-hydrogen) atoms. The van der Waals surface area contributed by atoms with Gasteiger partial charge < -0.3 is 5.73 Å². The molecule has 0 aliphatic rings. The molecule has 0 aromatic carbocycles. The highest BCUT2D eigenvalue weighted by Gasteiger charge is 2.07. The Morgan fingerprint density at radius 2 is 2.14 bits per heavy atom. The maximum atomic E-state index is 11.8. The summed E-state index contributed by atoms with van der Waals surface area (Å²) in [4.78, 5) is 15.8. The van der Waals surface area contributed by atoms with E-state index in [9.17, 15) is 4.79 Å². The molecule has 0 aliphatic carbocycles. The van der Waals surface area contributed by atoms with Gasteiger partial charge in [-0.2, -0.15) is 0 Å². The van der Waals surface area contributed by atoms with E-state index < -0.39 is 0 Å². The highest BCUT2D eigenvalue weighted by Crippen LogP contribution is 2.00. The lowest BCUT2D eigenvalue weighted by molar-refractivity contribution is 0.557. The molecule has 0 aliphatic heterocycles. The first-order valence-electron chi connectivity index (χ1n) is 4.83. The van der Waals surface area contributed by atoms with E-state index in [1.54, 1.807) is 17.1 Å². The van der Waals surface area contributed by atoms with Gasteiger partial charge in [-0.15, -0.1) is 0 Å². The first-order chi connectivity index (χ1) is 6.52. The standard InChI is InChI=1S/C10H17N3O/c1-7(2)13-6-12-5-9(10(13)14)4-8(3)11/h5-8H,4,11H2,1-3H3. The maximum absolute atomic E-state index is 11.8. The Morgan fingerprint density at radius 1 is 1.50 bits per heavy atom. The van der Waals surface area contributed by atoms with Crippen molar-refractivity contribution in [2.45, 2.75) is 39.3 Å². The van der Waals surface area contributed by atoms with E-state index in [0.717, 1.165) is 0 Å². The molecule has 78 valence electrons. The van der Waals surface area contributed by atoms with Gasteiger partial charge in [0.2, 0.25) is 0 Å². The molecule has 0 amide bonds. The second-order valence-corrected chi connectivity index (χ2v) is 3.91. The van der Waals surface area contributed by atoms with E-state index in [1.807, 2.05) is 20.8 Å². The van der Waals surface area contributed by atoms with Crippen molar-refractivity contribution < 1.29 is 0 Å². The minimum atomic E-state index is -0.00693. The smallest absolute Gasteiger partial charge is 0.256 e. The first kappa shape index (κ1) is 10.9. The predicted molar refractivity (Wildman–Crippen MR) is 56.2 cm³/mol. The minimum Gasteiger partial charge on any atom is -0.328 e. The van der Waals surface area contributed by atoms with Gasteiger partial charge in [0.05, 0.1) is 6.33 Å². The number of nitrogens with two attached hydrogens (primary N) is 1. The Labute approximate surface area is 83.8 Å². The van der Waals surface area contributed by atoms with Crippen molar-refractivity contribution in [2.75, 3.05) is 0 Å². The van der Waals surface area contributed by atoms with Gasteiger partial charge in [0, 0.05) is 23.8 Å². The van der Waals surface area contributed by atoms with Gasteiger partial charge in [-0.1, -0.05) is 0 Å². The van der Waals surface area contributed by atoms with Gasteiger partial charge in [-0.3, -0.25) is 9.36 Å². The minimum absolute atomic E-state index is 0.00693. The van der Waals surface area contributed by atoms with Gasteiger partial charge >= 0.3 is 0 Å². The zero-order valence-electron chi connectivity index (χ0n) is 8.90. The molecule has 2 N–H and O–H groups in total. The lowest BCUT2D eigenvalue weighted by atomic mass is 10.1. The maximum Gasteiger partial charge on any atom is 0.256 e. The third kappa shape index (κ3) is 2.42. The van der Waals surface area contributed by atoms with Gasteiger partial charge in [0.1, 0.15) is 0 Å². The molecule has 4 heteroatoms. The summed E-state index contributed by atoms with van der Waals surface area (Å²) in [7, 11) is 0. The van der Waals surface area contributed by atoms with Crippen LogP contribution in [0.5, 0.6) is 0 Å². The molecule has 0 saturated carbocycles. The average Bonchev–Trinajstić information content (AvgIpc) is 2.07. The summed E-state index contributed by atoms with van der Waals surface area (Å²) < 4.78 is 1.62. The SMILES string of the molecule is CC(N)Cc1cncn(C(C)C)c1=O. The van der Waals surface area contributed by atoms with Crippen LogP contribution in [0.4, 0.5) is 0 Å². The normalized spacial score (nSPS) is 13.2. The molecule has 0 spiro atoms. The number of rotatable bonds is 3. The number of hydrogen-bond donors (Lipinski definition) is 1. The van der Waals surface area contributed by atoms with Crippen LogP contribution in [0.3, 0.4) is 0 Å². The second kappa shape index (κ2) is 4.37. The fourth-order valence-corrected chi connectivity index (χ4v) is 1.32. The Hall–Kier alpha value is -1.16. The molecular formula is C10H17N3O.